The number of amides is 1. The van der Waals surface area contributed by atoms with Crippen LogP contribution in [0.2, 0.25) is 0 Å². The Morgan fingerprint density at radius 3 is 2.59 bits per heavy atom. The molecule has 0 radical (unpaired) electrons. The van der Waals surface area contributed by atoms with Crippen LogP contribution >= 0.6 is 0 Å². The lowest BCUT2D eigenvalue weighted by molar-refractivity contribution is -0.177. The van der Waals surface area contributed by atoms with E-state index in [-0.39, 0.29) is 11.8 Å². The van der Waals surface area contributed by atoms with E-state index in [0.29, 0.717) is 18.0 Å². The van der Waals surface area contributed by atoms with Crippen molar-refractivity contribution in [2.45, 2.75) is 44.2 Å². The highest BCUT2D eigenvalue weighted by atomic mass is 16.7. The highest BCUT2D eigenvalue weighted by molar-refractivity contribution is 5.80. The normalized spacial score (nSPS) is 31.3. The van der Waals surface area contributed by atoms with Gasteiger partial charge in [0.05, 0.1) is 13.0 Å². The monoisotopic (exact) mass is 302 g/mol. The lowest BCUT2D eigenvalue weighted by Gasteiger charge is -2.43. The summed E-state index contributed by atoms with van der Waals surface area (Å²) < 4.78 is 0. The SMILES string of the molecule is CON(C)C(=O)[C@H]1[C@@H](c2ccc(C)cc2)C[C@@H]2CC[C@H]1N2C. The molecule has 0 unspecified atom stereocenters. The van der Waals surface area contributed by atoms with Crippen LogP contribution in [0.3, 0.4) is 0 Å². The third-order valence-corrected chi connectivity index (χ3v) is 5.64. The Morgan fingerprint density at radius 1 is 1.27 bits per heavy atom. The van der Waals surface area contributed by atoms with E-state index < -0.39 is 0 Å². The molecule has 2 saturated heterocycles. The van der Waals surface area contributed by atoms with E-state index in [1.807, 2.05) is 0 Å². The van der Waals surface area contributed by atoms with Gasteiger partial charge in [-0.2, -0.15) is 0 Å². The topological polar surface area (TPSA) is 32.8 Å². The predicted molar refractivity (Wildman–Crippen MR) is 86.4 cm³/mol. The minimum Gasteiger partial charge on any atom is -0.300 e. The molecule has 1 aromatic carbocycles. The second kappa shape index (κ2) is 6.01. The second-order valence-corrected chi connectivity index (χ2v) is 6.76. The Morgan fingerprint density at radius 2 is 1.95 bits per heavy atom. The summed E-state index contributed by atoms with van der Waals surface area (Å²) in [6.07, 6.45) is 3.37. The van der Waals surface area contributed by atoms with Crippen LogP contribution in [-0.2, 0) is 9.63 Å². The lowest BCUT2D eigenvalue weighted by atomic mass is 9.75. The van der Waals surface area contributed by atoms with Gasteiger partial charge in [0.25, 0.3) is 5.91 Å². The molecule has 0 N–H and O–H groups in total. The lowest BCUT2D eigenvalue weighted by Crippen LogP contribution is -2.51. The molecule has 4 atom stereocenters. The minimum absolute atomic E-state index is 0.0172. The van der Waals surface area contributed by atoms with E-state index in [0.717, 1.165) is 12.8 Å². The molecule has 1 aromatic rings. The molecular weight excluding hydrogens is 276 g/mol. The van der Waals surface area contributed by atoms with Crippen molar-refractivity contribution in [3.05, 3.63) is 35.4 Å². The van der Waals surface area contributed by atoms with Crippen LogP contribution in [0.4, 0.5) is 0 Å². The van der Waals surface area contributed by atoms with Crippen LogP contribution in [0.1, 0.15) is 36.3 Å². The highest BCUT2D eigenvalue weighted by Gasteiger charge is 2.49. The average Bonchev–Trinajstić information content (AvgIpc) is 2.76. The molecule has 2 aliphatic rings. The minimum atomic E-state index is -0.0172. The molecule has 0 aliphatic carbocycles. The Kier molecular flexibility index (Phi) is 4.24. The zero-order valence-electron chi connectivity index (χ0n) is 14.0. The summed E-state index contributed by atoms with van der Waals surface area (Å²) in [6.45, 7) is 2.10. The molecule has 0 saturated carbocycles. The zero-order chi connectivity index (χ0) is 15.9. The van der Waals surface area contributed by atoms with Crippen LogP contribution in [0.15, 0.2) is 24.3 Å². The van der Waals surface area contributed by atoms with Gasteiger partial charge >= 0.3 is 0 Å². The van der Waals surface area contributed by atoms with Gasteiger partial charge in [-0.3, -0.25) is 14.5 Å². The van der Waals surface area contributed by atoms with Gasteiger partial charge < -0.3 is 0 Å². The Labute approximate surface area is 133 Å². The standard InChI is InChI=1S/C18H26N2O2/c1-12-5-7-13(8-6-12)15-11-14-9-10-16(19(14)2)17(15)18(21)20(3)22-4/h5-8,14-17H,9-11H2,1-4H3/t14-,15+,16+,17-/m0/s1. The number of benzene rings is 1. The van der Waals surface area contributed by atoms with E-state index in [1.165, 1.54) is 22.6 Å². The first-order valence-electron chi connectivity index (χ1n) is 8.13. The van der Waals surface area contributed by atoms with Gasteiger partial charge in [0.15, 0.2) is 0 Å². The number of hydroxylamine groups is 2. The van der Waals surface area contributed by atoms with Crippen molar-refractivity contribution in [2.75, 3.05) is 21.2 Å². The summed E-state index contributed by atoms with van der Waals surface area (Å²) in [5, 5.41) is 1.40. The maximum Gasteiger partial charge on any atom is 0.251 e. The average molecular weight is 302 g/mol. The molecule has 22 heavy (non-hydrogen) atoms. The van der Waals surface area contributed by atoms with Crippen molar-refractivity contribution in [1.82, 2.24) is 9.96 Å². The van der Waals surface area contributed by atoms with Crippen molar-refractivity contribution < 1.29 is 9.63 Å². The maximum atomic E-state index is 12.9. The Balaban J connectivity index is 1.95. The van der Waals surface area contributed by atoms with Gasteiger partial charge in [-0.25, -0.2) is 5.06 Å². The summed E-state index contributed by atoms with van der Waals surface area (Å²) in [4.78, 5) is 20.5. The van der Waals surface area contributed by atoms with Gasteiger partial charge in [-0.1, -0.05) is 29.8 Å². The largest absolute Gasteiger partial charge is 0.300 e. The van der Waals surface area contributed by atoms with Crippen LogP contribution in [0.25, 0.3) is 0 Å². The Bertz CT molecular complexity index is 543. The maximum absolute atomic E-state index is 12.9. The summed E-state index contributed by atoms with van der Waals surface area (Å²) in [6, 6.07) is 9.62. The van der Waals surface area contributed by atoms with E-state index in [2.05, 4.69) is 43.1 Å². The van der Waals surface area contributed by atoms with Crippen LogP contribution in [-0.4, -0.2) is 49.2 Å². The molecule has 0 aromatic heterocycles. The molecular formula is C18H26N2O2. The third kappa shape index (κ3) is 2.55. The number of carbonyl (C=O) groups excluding carboxylic acids is 1. The van der Waals surface area contributed by atoms with Crippen LogP contribution in [0, 0.1) is 12.8 Å². The van der Waals surface area contributed by atoms with Crippen molar-refractivity contribution in [1.29, 1.82) is 0 Å². The number of rotatable bonds is 3. The Hall–Kier alpha value is -1.39. The molecule has 120 valence electrons. The molecule has 1 amide bonds. The summed E-state index contributed by atoms with van der Waals surface area (Å²) in [7, 11) is 5.44. The van der Waals surface area contributed by atoms with Gasteiger partial charge in [0, 0.05) is 19.1 Å². The first-order chi connectivity index (χ1) is 10.5. The predicted octanol–water partition coefficient (Wildman–Crippen LogP) is 2.58. The van der Waals surface area contributed by atoms with Crippen molar-refractivity contribution in [3.8, 4) is 0 Å². The zero-order valence-corrected chi connectivity index (χ0v) is 14.0. The molecule has 4 heteroatoms. The quantitative estimate of drug-likeness (QED) is 0.805. The van der Waals surface area contributed by atoms with E-state index >= 15 is 0 Å². The number of nitrogens with zero attached hydrogens (tertiary/aromatic N) is 2. The number of piperidine rings is 1. The number of hydrogen-bond acceptors (Lipinski definition) is 3. The fourth-order valence-electron chi connectivity index (χ4n) is 4.26. The number of fused-ring (bicyclic) bond motifs is 2. The van der Waals surface area contributed by atoms with E-state index in [9.17, 15) is 4.79 Å². The number of carbonyl (C=O) groups is 1. The van der Waals surface area contributed by atoms with Gasteiger partial charge in [0.1, 0.15) is 0 Å². The molecule has 2 heterocycles. The van der Waals surface area contributed by atoms with Gasteiger partial charge in [-0.15, -0.1) is 0 Å². The fraction of sp³-hybridized carbons (Fsp3) is 0.611. The summed E-state index contributed by atoms with van der Waals surface area (Å²) in [5.74, 6) is 0.376. The molecule has 4 nitrogen and oxygen atoms in total. The van der Waals surface area contributed by atoms with Crippen LogP contribution < -0.4 is 0 Å². The summed E-state index contributed by atoms with van der Waals surface area (Å²) in [5.41, 5.74) is 2.55. The van der Waals surface area contributed by atoms with Gasteiger partial charge in [-0.05, 0) is 44.7 Å². The van der Waals surface area contributed by atoms with Crippen molar-refractivity contribution in [2.24, 2.45) is 5.92 Å². The van der Waals surface area contributed by atoms with Gasteiger partial charge in [0.2, 0.25) is 0 Å². The number of aryl methyl sites for hydroxylation is 1. The third-order valence-electron chi connectivity index (χ3n) is 5.64. The second-order valence-electron chi connectivity index (χ2n) is 6.76. The van der Waals surface area contributed by atoms with Crippen molar-refractivity contribution >= 4 is 5.91 Å². The first kappa shape index (κ1) is 15.5. The van der Waals surface area contributed by atoms with E-state index in [1.54, 1.807) is 14.2 Å². The molecule has 2 aliphatic heterocycles. The fourth-order valence-corrected chi connectivity index (χ4v) is 4.26. The molecule has 0 spiro atoms. The van der Waals surface area contributed by atoms with Crippen LogP contribution in [0.5, 0.6) is 0 Å². The first-order valence-corrected chi connectivity index (χ1v) is 8.13. The van der Waals surface area contributed by atoms with Crippen molar-refractivity contribution in [3.63, 3.8) is 0 Å². The number of hydrogen-bond donors (Lipinski definition) is 0. The molecule has 2 bridgehead atoms. The smallest absolute Gasteiger partial charge is 0.251 e. The molecule has 3 rings (SSSR count). The van der Waals surface area contributed by atoms with E-state index in [4.69, 9.17) is 4.84 Å². The summed E-state index contributed by atoms with van der Waals surface area (Å²) >= 11 is 0. The molecule has 2 fully saturated rings. The highest BCUT2D eigenvalue weighted by Crippen LogP contribution is 2.46.